The molecule has 0 radical (unpaired) electrons. The van der Waals surface area contributed by atoms with Gasteiger partial charge in [-0.3, -0.25) is 0 Å². The third kappa shape index (κ3) is 4.60. The monoisotopic (exact) mass is 304 g/mol. The Morgan fingerprint density at radius 3 is 2.50 bits per heavy atom. The van der Waals surface area contributed by atoms with Gasteiger partial charge < -0.3 is 14.6 Å². The van der Waals surface area contributed by atoms with E-state index in [4.69, 9.17) is 4.42 Å². The molecule has 4 heteroatoms. The van der Waals surface area contributed by atoms with Gasteiger partial charge in [-0.2, -0.15) is 0 Å². The van der Waals surface area contributed by atoms with E-state index in [9.17, 15) is 4.39 Å². The van der Waals surface area contributed by atoms with E-state index < -0.39 is 0 Å². The number of nitrogens with one attached hydrogen (secondary N) is 1. The lowest BCUT2D eigenvalue weighted by Crippen LogP contribution is -2.26. The van der Waals surface area contributed by atoms with Crippen LogP contribution in [0.1, 0.15) is 38.0 Å². The second-order valence-electron chi connectivity index (χ2n) is 5.46. The molecule has 1 aromatic carbocycles. The number of rotatable bonds is 9. The summed E-state index contributed by atoms with van der Waals surface area (Å²) in [6.45, 7) is 7.38. The Morgan fingerprint density at radius 1 is 1.09 bits per heavy atom. The molecule has 22 heavy (non-hydrogen) atoms. The Hall–Kier alpha value is -1.81. The number of benzene rings is 1. The normalized spacial score (nSPS) is 10.9. The molecule has 2 rings (SSSR count). The Labute approximate surface area is 132 Å². The van der Waals surface area contributed by atoms with Crippen LogP contribution in [0.25, 0.3) is 0 Å². The molecular formula is C18H25FN2O. The third-order valence-electron chi connectivity index (χ3n) is 3.55. The zero-order chi connectivity index (χ0) is 15.8. The predicted molar refractivity (Wildman–Crippen MR) is 88.4 cm³/mol. The van der Waals surface area contributed by atoms with Gasteiger partial charge in [0, 0.05) is 19.6 Å². The van der Waals surface area contributed by atoms with Crippen molar-refractivity contribution in [3.8, 4) is 0 Å². The first-order chi connectivity index (χ1) is 10.7. The summed E-state index contributed by atoms with van der Waals surface area (Å²) >= 11 is 0. The average molecular weight is 304 g/mol. The molecule has 1 N–H and O–H groups in total. The lowest BCUT2D eigenvalue weighted by atomic mass is 10.1. The molecule has 3 nitrogen and oxygen atoms in total. The van der Waals surface area contributed by atoms with Crippen LogP contribution >= 0.6 is 0 Å². The molecule has 0 aliphatic rings. The van der Waals surface area contributed by atoms with Crippen molar-refractivity contribution in [3.05, 3.63) is 53.7 Å². The lowest BCUT2D eigenvalue weighted by molar-refractivity contribution is 0.483. The first kappa shape index (κ1) is 16.6. The molecule has 0 fully saturated rings. The molecule has 0 spiro atoms. The lowest BCUT2D eigenvalue weighted by Gasteiger charge is -2.25. The van der Waals surface area contributed by atoms with Crippen LogP contribution in [0.4, 0.5) is 10.1 Å². The van der Waals surface area contributed by atoms with Crippen molar-refractivity contribution in [2.24, 2.45) is 0 Å². The van der Waals surface area contributed by atoms with E-state index >= 15 is 0 Å². The minimum absolute atomic E-state index is 0.142. The minimum atomic E-state index is -0.142. The second kappa shape index (κ2) is 8.59. The van der Waals surface area contributed by atoms with Crippen molar-refractivity contribution in [2.75, 3.05) is 18.0 Å². The SMILES string of the molecule is CCCN(CCC)c1cc(CNCc2ccco2)ccc1F. The van der Waals surface area contributed by atoms with Gasteiger partial charge in [0.25, 0.3) is 0 Å². The highest BCUT2D eigenvalue weighted by molar-refractivity contribution is 5.50. The first-order valence-corrected chi connectivity index (χ1v) is 8.01. The summed E-state index contributed by atoms with van der Waals surface area (Å²) < 4.78 is 19.4. The predicted octanol–water partition coefficient (Wildman–Crippen LogP) is 4.33. The van der Waals surface area contributed by atoms with Crippen LogP contribution in [-0.2, 0) is 13.1 Å². The molecule has 1 aromatic heterocycles. The molecule has 0 atom stereocenters. The second-order valence-corrected chi connectivity index (χ2v) is 5.46. The van der Waals surface area contributed by atoms with E-state index in [1.807, 2.05) is 24.3 Å². The fourth-order valence-electron chi connectivity index (χ4n) is 2.55. The molecule has 1 heterocycles. The van der Waals surface area contributed by atoms with Crippen LogP contribution in [0, 0.1) is 5.82 Å². The van der Waals surface area contributed by atoms with Crippen molar-refractivity contribution in [1.82, 2.24) is 5.32 Å². The number of nitrogens with zero attached hydrogens (tertiary/aromatic N) is 1. The molecule has 120 valence electrons. The van der Waals surface area contributed by atoms with Gasteiger partial charge in [0.2, 0.25) is 0 Å². The molecule has 0 saturated heterocycles. The van der Waals surface area contributed by atoms with Crippen LogP contribution in [0.15, 0.2) is 41.0 Å². The van der Waals surface area contributed by atoms with Crippen LogP contribution in [0.3, 0.4) is 0 Å². The number of hydrogen-bond acceptors (Lipinski definition) is 3. The Balaban J connectivity index is 2.01. The van der Waals surface area contributed by atoms with Crippen LogP contribution in [0.5, 0.6) is 0 Å². The molecule has 0 bridgehead atoms. The summed E-state index contributed by atoms with van der Waals surface area (Å²) in [5, 5.41) is 3.32. The van der Waals surface area contributed by atoms with Crippen molar-refractivity contribution in [1.29, 1.82) is 0 Å². The Morgan fingerprint density at radius 2 is 1.86 bits per heavy atom. The molecule has 0 unspecified atom stereocenters. The fraction of sp³-hybridized carbons (Fsp3) is 0.444. The quantitative estimate of drug-likeness (QED) is 0.747. The van der Waals surface area contributed by atoms with Crippen molar-refractivity contribution >= 4 is 5.69 Å². The van der Waals surface area contributed by atoms with Crippen molar-refractivity contribution < 1.29 is 8.81 Å². The van der Waals surface area contributed by atoms with Gasteiger partial charge in [0.15, 0.2) is 0 Å². The summed E-state index contributed by atoms with van der Waals surface area (Å²) in [6.07, 6.45) is 3.70. The van der Waals surface area contributed by atoms with Crippen molar-refractivity contribution in [3.63, 3.8) is 0 Å². The number of furan rings is 1. The largest absolute Gasteiger partial charge is 0.468 e. The molecule has 0 aliphatic carbocycles. The highest BCUT2D eigenvalue weighted by Gasteiger charge is 2.11. The Bertz CT molecular complexity index is 548. The van der Waals surface area contributed by atoms with Gasteiger partial charge in [-0.15, -0.1) is 0 Å². The number of halogens is 1. The van der Waals surface area contributed by atoms with E-state index in [1.54, 1.807) is 12.3 Å². The maximum atomic E-state index is 14.1. The van der Waals surface area contributed by atoms with Gasteiger partial charge in [-0.25, -0.2) is 4.39 Å². The average Bonchev–Trinajstić information content (AvgIpc) is 3.02. The molecule has 0 saturated carbocycles. The van der Waals surface area contributed by atoms with Crippen molar-refractivity contribution in [2.45, 2.75) is 39.8 Å². The third-order valence-corrected chi connectivity index (χ3v) is 3.55. The smallest absolute Gasteiger partial charge is 0.146 e. The molecule has 0 aliphatic heterocycles. The van der Waals surface area contributed by atoms with Crippen LogP contribution in [-0.4, -0.2) is 13.1 Å². The maximum Gasteiger partial charge on any atom is 0.146 e. The van der Waals surface area contributed by atoms with Crippen LogP contribution in [0.2, 0.25) is 0 Å². The minimum Gasteiger partial charge on any atom is -0.468 e. The number of hydrogen-bond donors (Lipinski definition) is 1. The van der Waals surface area contributed by atoms with Gasteiger partial charge in [-0.05, 0) is 42.7 Å². The van der Waals surface area contributed by atoms with Gasteiger partial charge >= 0.3 is 0 Å². The number of anilines is 1. The van der Waals surface area contributed by atoms with E-state index in [-0.39, 0.29) is 5.82 Å². The standard InChI is InChI=1S/C18H25FN2O/c1-3-9-21(10-4-2)18-12-15(7-8-17(18)19)13-20-14-16-6-5-11-22-16/h5-8,11-12,20H,3-4,9-10,13-14H2,1-2H3. The summed E-state index contributed by atoms with van der Waals surface area (Å²) in [6, 6.07) is 9.17. The van der Waals surface area contributed by atoms with E-state index in [1.165, 1.54) is 0 Å². The molecule has 0 amide bonds. The molecular weight excluding hydrogens is 279 g/mol. The molecule has 2 aromatic rings. The highest BCUT2D eigenvalue weighted by Crippen LogP contribution is 2.22. The van der Waals surface area contributed by atoms with Gasteiger partial charge in [-0.1, -0.05) is 19.9 Å². The zero-order valence-electron chi connectivity index (χ0n) is 13.4. The van der Waals surface area contributed by atoms with Gasteiger partial charge in [0.1, 0.15) is 11.6 Å². The summed E-state index contributed by atoms with van der Waals surface area (Å²) in [7, 11) is 0. The zero-order valence-corrected chi connectivity index (χ0v) is 13.4. The topological polar surface area (TPSA) is 28.4 Å². The fourth-order valence-corrected chi connectivity index (χ4v) is 2.55. The van der Waals surface area contributed by atoms with E-state index in [2.05, 4.69) is 24.1 Å². The van der Waals surface area contributed by atoms with Crippen LogP contribution < -0.4 is 10.2 Å². The van der Waals surface area contributed by atoms with E-state index in [0.29, 0.717) is 18.8 Å². The van der Waals surface area contributed by atoms with E-state index in [0.717, 1.165) is 37.3 Å². The highest BCUT2D eigenvalue weighted by atomic mass is 19.1. The van der Waals surface area contributed by atoms with Gasteiger partial charge in [0.05, 0.1) is 18.5 Å². The maximum absolute atomic E-state index is 14.1. The first-order valence-electron chi connectivity index (χ1n) is 8.01. The summed E-state index contributed by atoms with van der Waals surface area (Å²) in [5.41, 5.74) is 1.79. The summed E-state index contributed by atoms with van der Waals surface area (Å²) in [5.74, 6) is 0.762. The Kier molecular flexibility index (Phi) is 6.46. The summed E-state index contributed by atoms with van der Waals surface area (Å²) in [4.78, 5) is 2.13.